The van der Waals surface area contributed by atoms with Gasteiger partial charge in [0.15, 0.2) is 0 Å². The van der Waals surface area contributed by atoms with Crippen molar-refractivity contribution < 1.29 is 8.78 Å². The van der Waals surface area contributed by atoms with Gasteiger partial charge in [0.2, 0.25) is 0 Å². The summed E-state index contributed by atoms with van der Waals surface area (Å²) >= 11 is 5.96. The molecule has 0 fully saturated rings. The summed E-state index contributed by atoms with van der Waals surface area (Å²) in [5, 5.41) is 3.70. The van der Waals surface area contributed by atoms with Crippen molar-refractivity contribution in [2.75, 3.05) is 6.54 Å². The molecular weight excluding hydrogens is 280 g/mol. The van der Waals surface area contributed by atoms with Gasteiger partial charge < -0.3 is 5.32 Å². The number of halogens is 3. The molecule has 0 amide bonds. The summed E-state index contributed by atoms with van der Waals surface area (Å²) in [6.45, 7) is 4.41. The minimum absolute atomic E-state index is 0.298. The molecule has 0 radical (unpaired) electrons. The Morgan fingerprint density at radius 2 is 1.85 bits per heavy atom. The second-order valence-corrected chi connectivity index (χ2v) is 5.09. The first kappa shape index (κ1) is 14.9. The Bertz CT molecular complexity index is 613. The second kappa shape index (κ2) is 6.33. The van der Waals surface area contributed by atoms with Gasteiger partial charge in [-0.3, -0.25) is 0 Å². The van der Waals surface area contributed by atoms with Crippen molar-refractivity contribution in [1.29, 1.82) is 0 Å². The maximum Gasteiger partial charge on any atom is 0.128 e. The highest BCUT2D eigenvalue weighted by molar-refractivity contribution is 6.30. The molecule has 1 nitrogen and oxygen atoms in total. The van der Waals surface area contributed by atoms with Crippen LogP contribution in [0.4, 0.5) is 8.78 Å². The monoisotopic (exact) mass is 295 g/mol. The molecule has 2 rings (SSSR count). The predicted octanol–water partition coefficient (Wildman–Crippen LogP) is 4.63. The lowest BCUT2D eigenvalue weighted by molar-refractivity contribution is 0.556. The Labute approximate surface area is 122 Å². The quantitative estimate of drug-likeness (QED) is 0.867. The Morgan fingerprint density at radius 1 is 1.10 bits per heavy atom. The Balaban J connectivity index is 2.53. The lowest BCUT2D eigenvalue weighted by atomic mass is 9.94. The summed E-state index contributed by atoms with van der Waals surface area (Å²) < 4.78 is 27.3. The average Bonchev–Trinajstić information content (AvgIpc) is 2.40. The maximum absolute atomic E-state index is 14.1. The van der Waals surface area contributed by atoms with Crippen LogP contribution in [0.2, 0.25) is 5.02 Å². The van der Waals surface area contributed by atoms with E-state index >= 15 is 0 Å². The van der Waals surface area contributed by atoms with E-state index in [1.807, 2.05) is 13.8 Å². The van der Waals surface area contributed by atoms with Gasteiger partial charge in [0.25, 0.3) is 0 Å². The fraction of sp³-hybridized carbons (Fsp3) is 0.250. The molecule has 0 saturated carbocycles. The zero-order valence-electron chi connectivity index (χ0n) is 11.4. The summed E-state index contributed by atoms with van der Waals surface area (Å²) in [4.78, 5) is 0. The minimum Gasteiger partial charge on any atom is -0.306 e. The van der Waals surface area contributed by atoms with E-state index in [9.17, 15) is 8.78 Å². The van der Waals surface area contributed by atoms with E-state index in [-0.39, 0.29) is 17.7 Å². The van der Waals surface area contributed by atoms with Crippen LogP contribution in [0.15, 0.2) is 36.4 Å². The van der Waals surface area contributed by atoms with Gasteiger partial charge in [-0.1, -0.05) is 24.6 Å². The first-order valence-corrected chi connectivity index (χ1v) is 6.85. The van der Waals surface area contributed by atoms with E-state index in [1.165, 1.54) is 24.3 Å². The lowest BCUT2D eigenvalue weighted by Crippen LogP contribution is -2.23. The minimum atomic E-state index is -0.348. The topological polar surface area (TPSA) is 12.0 Å². The standard InChI is InChI=1S/C16H16ClF2N/c1-3-20-16(13-6-5-12(18)8-10(13)2)14-9-11(17)4-7-15(14)19/h4-9,16,20H,3H2,1-2H3. The number of hydrogen-bond donors (Lipinski definition) is 1. The van der Waals surface area contributed by atoms with E-state index in [4.69, 9.17) is 11.6 Å². The van der Waals surface area contributed by atoms with Crippen LogP contribution in [-0.4, -0.2) is 6.54 Å². The van der Waals surface area contributed by atoms with Gasteiger partial charge >= 0.3 is 0 Å². The summed E-state index contributed by atoms with van der Waals surface area (Å²) in [5.41, 5.74) is 2.08. The third-order valence-electron chi connectivity index (χ3n) is 3.22. The number of nitrogens with one attached hydrogen (secondary N) is 1. The maximum atomic E-state index is 14.1. The molecule has 0 aliphatic rings. The van der Waals surface area contributed by atoms with Crippen molar-refractivity contribution in [1.82, 2.24) is 5.32 Å². The van der Waals surface area contributed by atoms with Crippen LogP contribution in [0.5, 0.6) is 0 Å². The van der Waals surface area contributed by atoms with Crippen LogP contribution in [0.25, 0.3) is 0 Å². The van der Waals surface area contributed by atoms with E-state index in [0.29, 0.717) is 17.1 Å². The summed E-state index contributed by atoms with van der Waals surface area (Å²) in [5.74, 6) is -0.628. The van der Waals surface area contributed by atoms with E-state index in [1.54, 1.807) is 12.1 Å². The molecular formula is C16H16ClF2N. The molecule has 106 valence electrons. The molecule has 0 saturated heterocycles. The summed E-state index contributed by atoms with van der Waals surface area (Å²) in [7, 11) is 0. The van der Waals surface area contributed by atoms with Crippen molar-refractivity contribution in [3.05, 3.63) is 69.7 Å². The van der Waals surface area contributed by atoms with E-state index < -0.39 is 0 Å². The van der Waals surface area contributed by atoms with Gasteiger partial charge in [-0.25, -0.2) is 8.78 Å². The fourth-order valence-electron chi connectivity index (χ4n) is 2.29. The normalized spacial score (nSPS) is 12.4. The first-order valence-electron chi connectivity index (χ1n) is 6.47. The molecule has 1 atom stereocenters. The smallest absolute Gasteiger partial charge is 0.128 e. The zero-order valence-corrected chi connectivity index (χ0v) is 12.1. The van der Waals surface area contributed by atoms with Gasteiger partial charge in [-0.15, -0.1) is 0 Å². The Hall–Kier alpha value is -1.45. The number of aryl methyl sites for hydroxylation is 1. The van der Waals surface area contributed by atoms with Crippen LogP contribution < -0.4 is 5.32 Å². The molecule has 2 aromatic carbocycles. The molecule has 0 aliphatic carbocycles. The van der Waals surface area contributed by atoms with Crippen LogP contribution >= 0.6 is 11.6 Å². The van der Waals surface area contributed by atoms with Gasteiger partial charge in [-0.2, -0.15) is 0 Å². The lowest BCUT2D eigenvalue weighted by Gasteiger charge is -2.21. The van der Waals surface area contributed by atoms with Crippen molar-refractivity contribution in [2.45, 2.75) is 19.9 Å². The molecule has 0 heterocycles. The van der Waals surface area contributed by atoms with Crippen LogP contribution in [0, 0.1) is 18.6 Å². The third-order valence-corrected chi connectivity index (χ3v) is 3.46. The fourth-order valence-corrected chi connectivity index (χ4v) is 2.47. The number of benzene rings is 2. The molecule has 2 aromatic rings. The van der Waals surface area contributed by atoms with Crippen LogP contribution in [0.1, 0.15) is 29.7 Å². The van der Waals surface area contributed by atoms with Crippen molar-refractivity contribution in [2.24, 2.45) is 0 Å². The molecule has 20 heavy (non-hydrogen) atoms. The van der Waals surface area contributed by atoms with Crippen molar-refractivity contribution in [3.8, 4) is 0 Å². The Morgan fingerprint density at radius 3 is 2.50 bits per heavy atom. The SMILES string of the molecule is CCNC(c1ccc(F)cc1C)c1cc(Cl)ccc1F. The Kier molecular flexibility index (Phi) is 4.73. The van der Waals surface area contributed by atoms with Gasteiger partial charge in [0.05, 0.1) is 6.04 Å². The summed E-state index contributed by atoms with van der Waals surface area (Å²) in [6.07, 6.45) is 0. The molecule has 4 heteroatoms. The van der Waals surface area contributed by atoms with Crippen LogP contribution in [-0.2, 0) is 0 Å². The first-order chi connectivity index (χ1) is 9.52. The molecule has 0 bridgehead atoms. The molecule has 1 N–H and O–H groups in total. The predicted molar refractivity (Wildman–Crippen MR) is 78.1 cm³/mol. The highest BCUT2D eigenvalue weighted by atomic mass is 35.5. The van der Waals surface area contributed by atoms with Gasteiger partial charge in [0, 0.05) is 10.6 Å². The largest absolute Gasteiger partial charge is 0.306 e. The van der Waals surface area contributed by atoms with E-state index in [0.717, 1.165) is 11.1 Å². The van der Waals surface area contributed by atoms with Gasteiger partial charge in [-0.05, 0) is 54.9 Å². The van der Waals surface area contributed by atoms with Crippen molar-refractivity contribution >= 4 is 11.6 Å². The van der Waals surface area contributed by atoms with Crippen molar-refractivity contribution in [3.63, 3.8) is 0 Å². The third kappa shape index (κ3) is 3.17. The molecule has 1 unspecified atom stereocenters. The summed E-state index contributed by atoms with van der Waals surface area (Å²) in [6, 6.07) is 8.63. The number of hydrogen-bond acceptors (Lipinski definition) is 1. The number of rotatable bonds is 4. The van der Waals surface area contributed by atoms with Crippen LogP contribution in [0.3, 0.4) is 0 Å². The zero-order chi connectivity index (χ0) is 14.7. The molecule has 0 spiro atoms. The average molecular weight is 296 g/mol. The van der Waals surface area contributed by atoms with E-state index in [2.05, 4.69) is 5.32 Å². The molecule has 0 aliphatic heterocycles. The van der Waals surface area contributed by atoms with Gasteiger partial charge in [0.1, 0.15) is 11.6 Å². The highest BCUT2D eigenvalue weighted by Gasteiger charge is 2.19. The highest BCUT2D eigenvalue weighted by Crippen LogP contribution is 2.29. The molecule has 0 aromatic heterocycles. The second-order valence-electron chi connectivity index (χ2n) is 4.66.